The lowest BCUT2D eigenvalue weighted by atomic mass is 9.99. The molecule has 0 aliphatic rings. The Morgan fingerprint density at radius 1 is 1.14 bits per heavy atom. The number of aromatic nitrogens is 2. The molecular weight excluding hydrogens is 280 g/mol. The molecule has 1 heterocycles. The van der Waals surface area contributed by atoms with Crippen molar-refractivity contribution in [2.75, 3.05) is 0 Å². The summed E-state index contributed by atoms with van der Waals surface area (Å²) in [6.45, 7) is 7.59. The highest BCUT2D eigenvalue weighted by molar-refractivity contribution is 6.13. The lowest BCUT2D eigenvalue weighted by Gasteiger charge is -2.09. The monoisotopic (exact) mass is 298 g/mol. The Hall–Kier alpha value is -2.56. The predicted molar refractivity (Wildman–Crippen MR) is 82.4 cm³/mol. The van der Waals surface area contributed by atoms with Gasteiger partial charge < -0.3 is 5.11 Å². The van der Waals surface area contributed by atoms with Crippen molar-refractivity contribution in [2.45, 2.75) is 33.6 Å². The van der Waals surface area contributed by atoms with Gasteiger partial charge in [0, 0.05) is 17.7 Å². The fourth-order valence-electron chi connectivity index (χ4n) is 2.04. The van der Waals surface area contributed by atoms with E-state index in [9.17, 15) is 14.7 Å². The van der Waals surface area contributed by atoms with Crippen LogP contribution in [-0.4, -0.2) is 26.8 Å². The fourth-order valence-corrected chi connectivity index (χ4v) is 2.04. The van der Waals surface area contributed by atoms with E-state index in [1.807, 2.05) is 33.8 Å². The Morgan fingerprint density at radius 2 is 1.82 bits per heavy atom. The van der Waals surface area contributed by atoms with Crippen molar-refractivity contribution in [3.8, 4) is 0 Å². The predicted octanol–water partition coefficient (Wildman–Crippen LogP) is 3.15. The maximum atomic E-state index is 12.6. The maximum Gasteiger partial charge on any atom is 0.355 e. The van der Waals surface area contributed by atoms with E-state index in [1.165, 1.54) is 6.20 Å². The smallest absolute Gasteiger partial charge is 0.355 e. The summed E-state index contributed by atoms with van der Waals surface area (Å²) in [4.78, 5) is 32.1. The van der Waals surface area contributed by atoms with Crippen LogP contribution in [0.1, 0.15) is 63.1 Å². The molecule has 0 unspecified atom stereocenters. The van der Waals surface area contributed by atoms with Gasteiger partial charge in [0.1, 0.15) is 5.82 Å². The van der Waals surface area contributed by atoms with Crippen LogP contribution in [0, 0.1) is 13.8 Å². The topological polar surface area (TPSA) is 80.2 Å². The highest BCUT2D eigenvalue weighted by Crippen LogP contribution is 2.18. The molecule has 0 amide bonds. The number of nitrogens with zero attached hydrogens (tertiary/aromatic N) is 2. The van der Waals surface area contributed by atoms with Gasteiger partial charge in [-0.3, -0.25) is 4.79 Å². The first-order valence-electron chi connectivity index (χ1n) is 7.03. The van der Waals surface area contributed by atoms with E-state index in [1.54, 1.807) is 12.1 Å². The molecular formula is C17H18N2O3. The minimum absolute atomic E-state index is 0.0103. The zero-order valence-electron chi connectivity index (χ0n) is 13.0. The molecule has 2 aromatic rings. The fraction of sp³-hybridized carbons (Fsp3) is 0.294. The Kier molecular flexibility index (Phi) is 4.35. The van der Waals surface area contributed by atoms with Crippen molar-refractivity contribution in [1.82, 2.24) is 9.97 Å². The van der Waals surface area contributed by atoms with Gasteiger partial charge in [-0.2, -0.15) is 0 Å². The molecule has 1 N–H and O–H groups in total. The molecule has 1 aromatic carbocycles. The average Bonchev–Trinajstić information content (AvgIpc) is 2.48. The number of carbonyl (C=O) groups excluding carboxylic acids is 1. The van der Waals surface area contributed by atoms with Gasteiger partial charge in [0.15, 0.2) is 11.5 Å². The molecule has 114 valence electrons. The van der Waals surface area contributed by atoms with Crippen molar-refractivity contribution >= 4 is 11.8 Å². The van der Waals surface area contributed by atoms with Crippen LogP contribution in [0.25, 0.3) is 0 Å². The maximum absolute atomic E-state index is 12.6. The van der Waals surface area contributed by atoms with E-state index in [0.29, 0.717) is 11.4 Å². The van der Waals surface area contributed by atoms with E-state index >= 15 is 0 Å². The van der Waals surface area contributed by atoms with Gasteiger partial charge in [-0.1, -0.05) is 26.0 Å². The van der Waals surface area contributed by atoms with E-state index in [2.05, 4.69) is 9.97 Å². The third-order valence-electron chi connectivity index (χ3n) is 3.54. The van der Waals surface area contributed by atoms with E-state index < -0.39 is 5.97 Å². The molecule has 0 atom stereocenters. The summed E-state index contributed by atoms with van der Waals surface area (Å²) < 4.78 is 0. The molecule has 1 aromatic heterocycles. The van der Waals surface area contributed by atoms with Crippen LogP contribution in [0.15, 0.2) is 24.4 Å². The molecule has 22 heavy (non-hydrogen) atoms. The van der Waals surface area contributed by atoms with Crippen LogP contribution in [-0.2, 0) is 0 Å². The highest BCUT2D eigenvalue weighted by atomic mass is 16.4. The molecule has 2 rings (SSSR count). The number of benzene rings is 1. The van der Waals surface area contributed by atoms with Crippen molar-refractivity contribution in [3.63, 3.8) is 0 Å². The minimum atomic E-state index is -1.23. The first-order valence-corrected chi connectivity index (χ1v) is 7.03. The second-order valence-electron chi connectivity index (χ2n) is 5.58. The molecule has 0 saturated carbocycles. The second-order valence-corrected chi connectivity index (χ2v) is 5.58. The molecule has 0 bridgehead atoms. The molecule has 0 aliphatic heterocycles. The van der Waals surface area contributed by atoms with Crippen molar-refractivity contribution < 1.29 is 14.7 Å². The summed E-state index contributed by atoms with van der Waals surface area (Å²) in [5.74, 6) is -1.20. The summed E-state index contributed by atoms with van der Waals surface area (Å²) in [6.07, 6.45) is 1.31. The average molecular weight is 298 g/mol. The molecule has 5 heteroatoms. The first-order chi connectivity index (χ1) is 10.3. The summed E-state index contributed by atoms with van der Waals surface area (Å²) in [5.41, 5.74) is 2.25. The molecule has 0 aliphatic carbocycles. The summed E-state index contributed by atoms with van der Waals surface area (Å²) >= 11 is 0. The molecule has 0 fully saturated rings. The largest absolute Gasteiger partial charge is 0.476 e. The van der Waals surface area contributed by atoms with Gasteiger partial charge in [0.2, 0.25) is 0 Å². The normalized spacial score (nSPS) is 10.8. The van der Waals surface area contributed by atoms with Crippen LogP contribution in [0.2, 0.25) is 0 Å². The number of aryl methyl sites for hydroxylation is 2. The summed E-state index contributed by atoms with van der Waals surface area (Å²) in [5, 5.41) is 9.32. The number of hydrogen-bond donors (Lipinski definition) is 1. The van der Waals surface area contributed by atoms with Crippen LogP contribution >= 0.6 is 0 Å². The van der Waals surface area contributed by atoms with Crippen molar-refractivity contribution in [2.24, 2.45) is 0 Å². The summed E-state index contributed by atoms with van der Waals surface area (Å²) in [6, 6.07) is 5.28. The lowest BCUT2D eigenvalue weighted by molar-refractivity contribution is 0.0685. The Morgan fingerprint density at radius 3 is 2.36 bits per heavy atom. The van der Waals surface area contributed by atoms with Crippen LogP contribution in [0.5, 0.6) is 0 Å². The minimum Gasteiger partial charge on any atom is -0.476 e. The second kappa shape index (κ2) is 6.05. The number of carbonyl (C=O) groups is 2. The quantitative estimate of drug-likeness (QED) is 0.877. The standard InChI is InChI=1S/C17H18N2O3/c1-9(2)16-18-8-13(14(19-16)17(21)22)15(20)12-6-5-10(3)11(4)7-12/h5-9H,1-4H3,(H,21,22). The zero-order chi connectivity index (χ0) is 16.4. The van der Waals surface area contributed by atoms with Crippen LogP contribution < -0.4 is 0 Å². The Labute approximate surface area is 129 Å². The van der Waals surface area contributed by atoms with Crippen LogP contribution in [0.3, 0.4) is 0 Å². The van der Waals surface area contributed by atoms with E-state index in [4.69, 9.17) is 0 Å². The SMILES string of the molecule is Cc1ccc(C(=O)c2cnc(C(C)C)nc2C(=O)O)cc1C. The van der Waals surface area contributed by atoms with Gasteiger partial charge in [-0.25, -0.2) is 14.8 Å². The van der Waals surface area contributed by atoms with Gasteiger partial charge in [-0.05, 0) is 31.0 Å². The van der Waals surface area contributed by atoms with Gasteiger partial charge in [0.25, 0.3) is 0 Å². The first kappa shape index (κ1) is 15.8. The van der Waals surface area contributed by atoms with Crippen LogP contribution in [0.4, 0.5) is 0 Å². The van der Waals surface area contributed by atoms with Crippen molar-refractivity contribution in [1.29, 1.82) is 0 Å². The number of rotatable bonds is 4. The third kappa shape index (κ3) is 3.03. The highest BCUT2D eigenvalue weighted by Gasteiger charge is 2.22. The Balaban J connectivity index is 2.53. The number of hydrogen-bond acceptors (Lipinski definition) is 4. The number of carboxylic acids is 1. The van der Waals surface area contributed by atoms with Gasteiger partial charge >= 0.3 is 5.97 Å². The number of ketones is 1. The molecule has 0 saturated heterocycles. The summed E-state index contributed by atoms with van der Waals surface area (Å²) in [7, 11) is 0. The molecule has 5 nitrogen and oxygen atoms in total. The number of carboxylic acid groups (broad SMARTS) is 1. The number of aromatic carboxylic acids is 1. The zero-order valence-corrected chi connectivity index (χ0v) is 13.0. The molecule has 0 radical (unpaired) electrons. The Bertz CT molecular complexity index is 752. The van der Waals surface area contributed by atoms with E-state index in [0.717, 1.165) is 11.1 Å². The van der Waals surface area contributed by atoms with Gasteiger partial charge in [0.05, 0.1) is 5.56 Å². The lowest BCUT2D eigenvalue weighted by Crippen LogP contribution is -2.15. The van der Waals surface area contributed by atoms with E-state index in [-0.39, 0.29) is 23.0 Å². The molecule has 0 spiro atoms. The van der Waals surface area contributed by atoms with Gasteiger partial charge in [-0.15, -0.1) is 0 Å². The third-order valence-corrected chi connectivity index (χ3v) is 3.54. The van der Waals surface area contributed by atoms with Crippen molar-refractivity contribution in [3.05, 3.63) is 58.2 Å².